The fourth-order valence-electron chi connectivity index (χ4n) is 3.31. The Morgan fingerprint density at radius 2 is 1.97 bits per heavy atom. The predicted octanol–water partition coefficient (Wildman–Crippen LogP) is 2.18. The van der Waals surface area contributed by atoms with Gasteiger partial charge >= 0.3 is 0 Å². The Balaban J connectivity index is 1.31. The molecule has 4 rings (SSSR count). The lowest BCUT2D eigenvalue weighted by atomic mass is 10.3. The summed E-state index contributed by atoms with van der Waals surface area (Å²) in [5.74, 6) is 1.85. The first-order valence-electron chi connectivity index (χ1n) is 9.89. The average molecular weight is 411 g/mol. The zero-order chi connectivity index (χ0) is 20.1. The number of aliphatic imine (C=N–C) groups is 1. The van der Waals surface area contributed by atoms with Crippen LogP contribution in [0.5, 0.6) is 0 Å². The molecule has 1 saturated heterocycles. The first kappa shape index (κ1) is 19.4. The van der Waals surface area contributed by atoms with E-state index >= 15 is 0 Å². The average Bonchev–Trinajstić information content (AvgIpc) is 3.45. The van der Waals surface area contributed by atoms with Crippen LogP contribution < -0.4 is 10.2 Å². The van der Waals surface area contributed by atoms with Crippen LogP contribution in [0.4, 0.5) is 5.13 Å². The topological polar surface area (TPSA) is 74.5 Å². The molecule has 29 heavy (non-hydrogen) atoms. The Kier molecular flexibility index (Phi) is 6.04. The van der Waals surface area contributed by atoms with E-state index in [0.29, 0.717) is 6.54 Å². The van der Waals surface area contributed by atoms with E-state index in [4.69, 9.17) is 0 Å². The lowest BCUT2D eigenvalue weighted by Gasteiger charge is -2.36. The van der Waals surface area contributed by atoms with Crippen molar-refractivity contribution >= 4 is 22.6 Å². The quantitative estimate of drug-likeness (QED) is 0.513. The van der Waals surface area contributed by atoms with Gasteiger partial charge in [-0.05, 0) is 12.1 Å². The van der Waals surface area contributed by atoms with E-state index in [1.54, 1.807) is 0 Å². The minimum atomic E-state index is 0.690. The highest BCUT2D eigenvalue weighted by molar-refractivity contribution is 7.09. The third-order valence-electron chi connectivity index (χ3n) is 4.94. The third-order valence-corrected chi connectivity index (χ3v) is 5.76. The molecule has 8 nitrogen and oxygen atoms in total. The predicted molar refractivity (Wildman–Crippen MR) is 117 cm³/mol. The number of hydrogen-bond donors (Lipinski definition) is 1. The van der Waals surface area contributed by atoms with Crippen LogP contribution in [0, 0.1) is 0 Å². The first-order chi connectivity index (χ1) is 14.3. The second-order valence-corrected chi connectivity index (χ2v) is 7.58. The molecular weight excluding hydrogens is 384 g/mol. The first-order valence-corrected chi connectivity index (χ1v) is 10.7. The number of aromatic nitrogens is 4. The highest BCUT2D eigenvalue weighted by Gasteiger charge is 2.22. The number of para-hydroxylation sites is 1. The Labute approximate surface area is 175 Å². The normalized spacial score (nSPS) is 15.0. The van der Waals surface area contributed by atoms with Crippen molar-refractivity contribution in [3.63, 3.8) is 0 Å². The molecule has 1 fully saturated rings. The van der Waals surface area contributed by atoms with Gasteiger partial charge in [0, 0.05) is 69.5 Å². The molecule has 0 bridgehead atoms. The van der Waals surface area contributed by atoms with Crippen molar-refractivity contribution in [2.75, 3.05) is 38.1 Å². The Morgan fingerprint density at radius 3 is 2.66 bits per heavy atom. The Hall–Kier alpha value is -2.94. The van der Waals surface area contributed by atoms with E-state index in [-0.39, 0.29) is 0 Å². The van der Waals surface area contributed by atoms with Crippen molar-refractivity contribution in [2.45, 2.75) is 19.9 Å². The molecule has 1 N–H and O–H groups in total. The lowest BCUT2D eigenvalue weighted by molar-refractivity contribution is 0.372. The number of benzene rings is 1. The number of guanidine groups is 1. The summed E-state index contributed by atoms with van der Waals surface area (Å²) in [5.41, 5.74) is 2.18. The Morgan fingerprint density at radius 1 is 1.17 bits per heavy atom. The number of piperazine rings is 1. The van der Waals surface area contributed by atoms with Crippen molar-refractivity contribution < 1.29 is 0 Å². The highest BCUT2D eigenvalue weighted by Crippen LogP contribution is 2.19. The van der Waals surface area contributed by atoms with E-state index in [1.807, 2.05) is 54.5 Å². The minimum Gasteiger partial charge on any atom is -0.352 e. The molecule has 3 aromatic rings. The van der Waals surface area contributed by atoms with E-state index in [0.717, 1.165) is 60.8 Å². The maximum absolute atomic E-state index is 4.61. The van der Waals surface area contributed by atoms with Gasteiger partial charge in [0.25, 0.3) is 0 Å². The maximum Gasteiger partial charge on any atom is 0.205 e. The molecule has 0 radical (unpaired) electrons. The summed E-state index contributed by atoms with van der Waals surface area (Å²) >= 11 is 1.50. The molecule has 2 aromatic heterocycles. The standard InChI is InChI=1S/C20H26N8S/c1-3-18-24-20(29-25-18)27-11-9-26(10-12-27)19(21-2)22-13-16-14-23-28(15-16)17-7-5-4-6-8-17/h4-8,14-15H,3,9-13H2,1-2H3,(H,21,22). The number of anilines is 1. The number of nitrogens with one attached hydrogen (secondary N) is 1. The van der Waals surface area contributed by atoms with Gasteiger partial charge in [-0.15, -0.1) is 0 Å². The van der Waals surface area contributed by atoms with Crippen molar-refractivity contribution in [1.82, 2.24) is 29.4 Å². The fraction of sp³-hybridized carbons (Fsp3) is 0.400. The molecule has 9 heteroatoms. The fourth-order valence-corrected chi connectivity index (χ4v) is 4.11. The molecule has 0 unspecified atom stereocenters. The summed E-state index contributed by atoms with van der Waals surface area (Å²) in [4.78, 5) is 13.7. The van der Waals surface area contributed by atoms with Gasteiger partial charge in [0.2, 0.25) is 5.13 Å². The third kappa shape index (κ3) is 4.56. The van der Waals surface area contributed by atoms with Crippen LogP contribution in [0.3, 0.4) is 0 Å². The molecule has 0 saturated carbocycles. The molecule has 1 aromatic carbocycles. The monoisotopic (exact) mass is 410 g/mol. The van der Waals surface area contributed by atoms with Crippen molar-refractivity contribution in [1.29, 1.82) is 0 Å². The minimum absolute atomic E-state index is 0.690. The molecule has 3 heterocycles. The Bertz CT molecular complexity index is 940. The summed E-state index contributed by atoms with van der Waals surface area (Å²) in [6, 6.07) is 10.1. The van der Waals surface area contributed by atoms with Crippen LogP contribution in [-0.4, -0.2) is 63.2 Å². The zero-order valence-electron chi connectivity index (χ0n) is 16.8. The zero-order valence-corrected chi connectivity index (χ0v) is 17.6. The second-order valence-electron chi connectivity index (χ2n) is 6.85. The second kappa shape index (κ2) is 9.04. The van der Waals surface area contributed by atoms with Crippen LogP contribution in [0.2, 0.25) is 0 Å². The number of rotatable bonds is 5. The SMILES string of the molecule is CCc1nsc(N2CCN(C(=NC)NCc3cnn(-c4ccccc4)c3)CC2)n1. The van der Waals surface area contributed by atoms with Gasteiger partial charge in [0.15, 0.2) is 5.96 Å². The van der Waals surface area contributed by atoms with Crippen molar-refractivity contribution in [3.05, 3.63) is 54.1 Å². The van der Waals surface area contributed by atoms with Gasteiger partial charge in [0.05, 0.1) is 11.9 Å². The summed E-state index contributed by atoms with van der Waals surface area (Å²) in [5, 5.41) is 8.95. The highest BCUT2D eigenvalue weighted by atomic mass is 32.1. The molecule has 1 aliphatic heterocycles. The van der Waals surface area contributed by atoms with Crippen LogP contribution >= 0.6 is 11.5 Å². The van der Waals surface area contributed by atoms with Gasteiger partial charge in [-0.2, -0.15) is 9.47 Å². The maximum atomic E-state index is 4.61. The summed E-state index contributed by atoms with van der Waals surface area (Å²) in [6.45, 7) is 6.43. The van der Waals surface area contributed by atoms with Crippen molar-refractivity contribution in [2.24, 2.45) is 4.99 Å². The molecule has 0 atom stereocenters. The number of hydrogen-bond acceptors (Lipinski definition) is 6. The van der Waals surface area contributed by atoms with Crippen LogP contribution in [0.1, 0.15) is 18.3 Å². The van der Waals surface area contributed by atoms with Gasteiger partial charge in [-0.25, -0.2) is 9.67 Å². The molecular formula is C20H26N8S. The largest absolute Gasteiger partial charge is 0.352 e. The molecule has 1 aliphatic rings. The lowest BCUT2D eigenvalue weighted by Crippen LogP contribution is -2.52. The van der Waals surface area contributed by atoms with Crippen LogP contribution in [0.15, 0.2) is 47.7 Å². The smallest absolute Gasteiger partial charge is 0.205 e. The van der Waals surface area contributed by atoms with E-state index in [2.05, 4.69) is 41.5 Å². The number of aryl methyl sites for hydroxylation is 1. The molecule has 0 spiro atoms. The van der Waals surface area contributed by atoms with Crippen LogP contribution in [-0.2, 0) is 13.0 Å². The number of nitrogens with zero attached hydrogens (tertiary/aromatic N) is 7. The van der Waals surface area contributed by atoms with Gasteiger partial charge in [-0.3, -0.25) is 4.99 Å². The summed E-state index contributed by atoms with van der Waals surface area (Å²) in [6.07, 6.45) is 4.83. The molecule has 0 amide bonds. The molecule has 152 valence electrons. The van der Waals surface area contributed by atoms with E-state index in [1.165, 1.54) is 11.5 Å². The summed E-state index contributed by atoms with van der Waals surface area (Å²) in [7, 11) is 1.83. The summed E-state index contributed by atoms with van der Waals surface area (Å²) < 4.78 is 6.29. The van der Waals surface area contributed by atoms with Crippen molar-refractivity contribution in [3.8, 4) is 5.69 Å². The van der Waals surface area contributed by atoms with Gasteiger partial charge in [-0.1, -0.05) is 25.1 Å². The van der Waals surface area contributed by atoms with Gasteiger partial charge in [0.1, 0.15) is 5.82 Å². The van der Waals surface area contributed by atoms with Crippen LogP contribution in [0.25, 0.3) is 5.69 Å². The molecule has 0 aliphatic carbocycles. The van der Waals surface area contributed by atoms with E-state index in [9.17, 15) is 0 Å². The van der Waals surface area contributed by atoms with Gasteiger partial charge < -0.3 is 15.1 Å². The van der Waals surface area contributed by atoms with E-state index < -0.39 is 0 Å².